The van der Waals surface area contributed by atoms with Crippen LogP contribution in [0.5, 0.6) is 0 Å². The maximum Gasteiger partial charge on any atom is 0.346 e. The number of carbonyl (C=O) groups is 2. The molecule has 2 aromatic rings. The molecule has 0 fully saturated rings. The average molecular weight is 405 g/mol. The highest BCUT2D eigenvalue weighted by molar-refractivity contribution is 7.99. The van der Waals surface area contributed by atoms with Gasteiger partial charge < -0.3 is 9.64 Å². The van der Waals surface area contributed by atoms with Crippen LogP contribution in [0.15, 0.2) is 35.5 Å². The van der Waals surface area contributed by atoms with Crippen LogP contribution in [0.25, 0.3) is 0 Å². The van der Waals surface area contributed by atoms with E-state index in [1.54, 1.807) is 21.0 Å². The van der Waals surface area contributed by atoms with Crippen molar-refractivity contribution >= 4 is 23.8 Å². The molecule has 1 heterocycles. The molecule has 1 aromatic heterocycles. The lowest BCUT2D eigenvalue weighted by atomic mass is 9.96. The quantitative estimate of drug-likeness (QED) is 0.541. The molecule has 0 radical (unpaired) electrons. The zero-order valence-corrected chi connectivity index (χ0v) is 18.1. The van der Waals surface area contributed by atoms with Gasteiger partial charge in [0.1, 0.15) is 0 Å². The Bertz CT molecular complexity index is 813. The van der Waals surface area contributed by atoms with Crippen molar-refractivity contribution in [3.8, 4) is 0 Å². The van der Waals surface area contributed by atoms with Gasteiger partial charge in [-0.1, -0.05) is 62.9 Å². The second kappa shape index (κ2) is 9.23. The summed E-state index contributed by atoms with van der Waals surface area (Å²) in [7, 11) is 3.33. The van der Waals surface area contributed by atoms with E-state index in [0.717, 1.165) is 5.56 Å². The van der Waals surface area contributed by atoms with E-state index >= 15 is 0 Å². The summed E-state index contributed by atoms with van der Waals surface area (Å²) < 4.78 is 6.56. The van der Waals surface area contributed by atoms with Gasteiger partial charge >= 0.3 is 12.0 Å². The summed E-state index contributed by atoms with van der Waals surface area (Å²) in [5.41, 5.74) is 0.571. The highest BCUT2D eigenvalue weighted by Crippen LogP contribution is 2.29. The van der Waals surface area contributed by atoms with E-state index < -0.39 is 5.92 Å². The maximum absolute atomic E-state index is 12.5. The Labute approximate surface area is 170 Å². The Hall–Kier alpha value is -2.35. The summed E-state index contributed by atoms with van der Waals surface area (Å²) in [6.45, 7) is 8.08. The molecule has 8 heteroatoms. The van der Waals surface area contributed by atoms with E-state index in [1.807, 2.05) is 51.1 Å². The summed E-state index contributed by atoms with van der Waals surface area (Å²) in [5, 5.41) is 4.88. The Balaban J connectivity index is 2.32. The molecule has 0 spiro atoms. The molecule has 0 bridgehead atoms. The molecule has 0 aliphatic carbocycles. The van der Waals surface area contributed by atoms with Crippen LogP contribution < -0.4 is 0 Å². The summed E-state index contributed by atoms with van der Waals surface area (Å²) in [6, 6.07) is 9.21. The SMILES string of the molecule is CCOC(=O)C(CSc1nc(C(C)(C)C)nn1C(=O)N(C)C)c1ccccc1. The maximum atomic E-state index is 12.5. The fourth-order valence-corrected chi connectivity index (χ4v) is 3.45. The lowest BCUT2D eigenvalue weighted by molar-refractivity contribution is -0.144. The van der Waals surface area contributed by atoms with Crippen LogP contribution in [0, 0.1) is 0 Å². The molecule has 152 valence electrons. The van der Waals surface area contributed by atoms with Gasteiger partial charge in [-0.3, -0.25) is 4.79 Å². The highest BCUT2D eigenvalue weighted by atomic mass is 32.2. The lowest BCUT2D eigenvalue weighted by Gasteiger charge is -2.16. The standard InChI is InChI=1S/C20H28N4O3S/c1-7-27-16(25)15(14-11-9-8-10-12-14)13-28-18-21-17(20(2,3)4)22-24(18)19(26)23(5)6/h8-12,15H,7,13H2,1-6H3. The fraction of sp³-hybridized carbons (Fsp3) is 0.500. The van der Waals surface area contributed by atoms with Crippen LogP contribution in [-0.4, -0.2) is 58.1 Å². The van der Waals surface area contributed by atoms with Crippen molar-refractivity contribution in [2.45, 2.75) is 44.2 Å². The van der Waals surface area contributed by atoms with Crippen molar-refractivity contribution in [1.29, 1.82) is 0 Å². The van der Waals surface area contributed by atoms with Crippen LogP contribution >= 0.6 is 11.8 Å². The number of thioether (sulfide) groups is 1. The van der Waals surface area contributed by atoms with Gasteiger partial charge in [0.25, 0.3) is 0 Å². The number of aromatic nitrogens is 3. The van der Waals surface area contributed by atoms with Crippen molar-refractivity contribution in [1.82, 2.24) is 19.7 Å². The number of nitrogens with zero attached hydrogens (tertiary/aromatic N) is 4. The first-order valence-electron chi connectivity index (χ1n) is 9.18. The lowest BCUT2D eigenvalue weighted by Crippen LogP contribution is -2.29. The van der Waals surface area contributed by atoms with Gasteiger partial charge in [0.2, 0.25) is 0 Å². The van der Waals surface area contributed by atoms with E-state index in [9.17, 15) is 9.59 Å². The highest BCUT2D eigenvalue weighted by Gasteiger charge is 2.28. The Morgan fingerprint density at radius 1 is 1.21 bits per heavy atom. The minimum absolute atomic E-state index is 0.280. The molecule has 28 heavy (non-hydrogen) atoms. The molecule has 0 aliphatic heterocycles. The Morgan fingerprint density at radius 3 is 2.39 bits per heavy atom. The molecule has 0 saturated heterocycles. The topological polar surface area (TPSA) is 77.3 Å². The number of hydrogen-bond acceptors (Lipinski definition) is 6. The monoisotopic (exact) mass is 404 g/mol. The van der Waals surface area contributed by atoms with Gasteiger partial charge in [-0.25, -0.2) is 9.78 Å². The molecule has 0 aliphatic rings. The van der Waals surface area contributed by atoms with E-state index in [2.05, 4.69) is 10.1 Å². The van der Waals surface area contributed by atoms with Gasteiger partial charge in [-0.05, 0) is 12.5 Å². The minimum Gasteiger partial charge on any atom is -0.465 e. The van der Waals surface area contributed by atoms with Gasteiger partial charge in [-0.2, -0.15) is 4.68 Å². The van der Waals surface area contributed by atoms with Crippen LogP contribution in [0.1, 0.15) is 45.0 Å². The van der Waals surface area contributed by atoms with Crippen molar-refractivity contribution in [3.05, 3.63) is 41.7 Å². The van der Waals surface area contributed by atoms with E-state index in [4.69, 9.17) is 4.74 Å². The van der Waals surface area contributed by atoms with Crippen molar-refractivity contribution in [2.75, 3.05) is 26.5 Å². The third-order valence-electron chi connectivity index (χ3n) is 3.96. The smallest absolute Gasteiger partial charge is 0.346 e. The van der Waals surface area contributed by atoms with Crippen LogP contribution in [0.2, 0.25) is 0 Å². The van der Waals surface area contributed by atoms with Gasteiger partial charge in [-0.15, -0.1) is 5.10 Å². The molecule has 1 amide bonds. The number of amides is 1. The molecule has 1 atom stereocenters. The first-order chi connectivity index (χ1) is 13.1. The first kappa shape index (κ1) is 21.9. The molecule has 1 aromatic carbocycles. The van der Waals surface area contributed by atoms with Crippen molar-refractivity contribution in [3.63, 3.8) is 0 Å². The fourth-order valence-electron chi connectivity index (χ4n) is 2.41. The average Bonchev–Trinajstić information content (AvgIpc) is 3.07. The van der Waals surface area contributed by atoms with E-state index in [0.29, 0.717) is 23.3 Å². The van der Waals surface area contributed by atoms with Crippen molar-refractivity contribution < 1.29 is 14.3 Å². The molecule has 7 nitrogen and oxygen atoms in total. The zero-order valence-electron chi connectivity index (χ0n) is 17.3. The predicted molar refractivity (Wildman–Crippen MR) is 110 cm³/mol. The Kier molecular flexibility index (Phi) is 7.23. The minimum atomic E-state index is -0.455. The third kappa shape index (κ3) is 5.34. The van der Waals surface area contributed by atoms with Gasteiger partial charge in [0.05, 0.1) is 12.5 Å². The summed E-state index contributed by atoms with van der Waals surface area (Å²) in [4.78, 5) is 31.1. The predicted octanol–water partition coefficient (Wildman–Crippen LogP) is 3.54. The second-order valence-electron chi connectivity index (χ2n) is 7.58. The van der Waals surface area contributed by atoms with Crippen LogP contribution in [0.4, 0.5) is 4.79 Å². The second-order valence-corrected chi connectivity index (χ2v) is 8.57. The van der Waals surface area contributed by atoms with Crippen molar-refractivity contribution in [2.24, 2.45) is 0 Å². The number of esters is 1. The van der Waals surface area contributed by atoms with Gasteiger partial charge in [0.15, 0.2) is 11.0 Å². The van der Waals surface area contributed by atoms with E-state index in [-0.39, 0.29) is 17.4 Å². The number of hydrogen-bond donors (Lipinski definition) is 0. The number of carbonyl (C=O) groups excluding carboxylic acids is 2. The van der Waals surface area contributed by atoms with Crippen LogP contribution in [-0.2, 0) is 14.9 Å². The first-order valence-corrected chi connectivity index (χ1v) is 10.2. The number of benzene rings is 1. The molecule has 0 saturated carbocycles. The van der Waals surface area contributed by atoms with E-state index in [1.165, 1.54) is 21.3 Å². The molecular weight excluding hydrogens is 376 g/mol. The summed E-state index contributed by atoms with van der Waals surface area (Å²) in [5.74, 6) is 0.231. The zero-order chi connectivity index (χ0) is 20.9. The largest absolute Gasteiger partial charge is 0.465 e. The normalized spacial score (nSPS) is 12.5. The molecule has 1 unspecified atom stereocenters. The molecular formula is C20H28N4O3S. The summed E-state index contributed by atoms with van der Waals surface area (Å²) in [6.07, 6.45) is 0. The molecule has 0 N–H and O–H groups in total. The number of rotatable bonds is 6. The third-order valence-corrected chi connectivity index (χ3v) is 4.99. The van der Waals surface area contributed by atoms with Gasteiger partial charge in [0, 0.05) is 25.3 Å². The van der Waals surface area contributed by atoms with Crippen LogP contribution in [0.3, 0.4) is 0 Å². The summed E-state index contributed by atoms with van der Waals surface area (Å²) >= 11 is 1.33. The Morgan fingerprint density at radius 2 is 1.86 bits per heavy atom. The molecule has 2 rings (SSSR count). The number of ether oxygens (including phenoxy) is 1.